The highest BCUT2D eigenvalue weighted by Gasteiger charge is 2.53. The summed E-state index contributed by atoms with van der Waals surface area (Å²) in [6.45, 7) is 2.11. The zero-order chi connectivity index (χ0) is 33.7. The van der Waals surface area contributed by atoms with Gasteiger partial charge in [0.05, 0.1) is 23.7 Å². The van der Waals surface area contributed by atoms with E-state index in [1.807, 2.05) is 78.9 Å². The van der Waals surface area contributed by atoms with Crippen LogP contribution in [-0.4, -0.2) is 51.7 Å². The number of nitrogens with zero attached hydrogens (tertiary/aromatic N) is 4. The number of para-hydroxylation sites is 1. The molecule has 0 saturated carbocycles. The summed E-state index contributed by atoms with van der Waals surface area (Å²) < 4.78 is 0. The minimum atomic E-state index is -2.00. The molecule has 0 radical (unpaired) electrons. The third-order valence-electron chi connectivity index (χ3n) is 8.87. The number of hydrogen-bond donors (Lipinski definition) is 2. The van der Waals surface area contributed by atoms with E-state index in [0.29, 0.717) is 35.6 Å². The van der Waals surface area contributed by atoms with Gasteiger partial charge in [-0.1, -0.05) is 97.9 Å². The Bertz CT molecular complexity index is 1840. The molecule has 6 rings (SSSR count). The molecule has 2 atom stereocenters. The highest BCUT2D eigenvalue weighted by Crippen LogP contribution is 2.49. The maximum atomic E-state index is 14.2. The summed E-state index contributed by atoms with van der Waals surface area (Å²) in [5, 5.41) is 28.0. The first-order chi connectivity index (χ1) is 23.3. The molecule has 4 aromatic carbocycles. The summed E-state index contributed by atoms with van der Waals surface area (Å²) in [6.07, 6.45) is 4.14. The first kappa shape index (κ1) is 32.6. The molecule has 9 nitrogen and oxygen atoms in total. The Hall–Kier alpha value is -5.38. The molecule has 9 heteroatoms. The Morgan fingerprint density at radius 2 is 1.58 bits per heavy atom. The molecular weight excluding hydrogens is 604 g/mol. The van der Waals surface area contributed by atoms with Crippen molar-refractivity contribution in [3.05, 3.63) is 138 Å². The minimum absolute atomic E-state index is 0.0238. The quantitative estimate of drug-likeness (QED) is 0.204. The average molecular weight is 643 g/mol. The van der Waals surface area contributed by atoms with Crippen LogP contribution in [0.4, 0.5) is 17.1 Å². The van der Waals surface area contributed by atoms with Gasteiger partial charge in [0.1, 0.15) is 0 Å². The molecule has 4 aromatic rings. The number of aliphatic hydroxyl groups is 2. The lowest BCUT2D eigenvalue weighted by Gasteiger charge is -2.28. The predicted molar refractivity (Wildman–Crippen MR) is 185 cm³/mol. The molecule has 2 aliphatic heterocycles. The van der Waals surface area contributed by atoms with E-state index in [4.69, 9.17) is 5.10 Å². The molecule has 48 heavy (non-hydrogen) atoms. The largest absolute Gasteiger partial charge is 0.395 e. The third kappa shape index (κ3) is 6.43. The van der Waals surface area contributed by atoms with Gasteiger partial charge in [-0.15, -0.1) is 0 Å². The number of carbonyl (C=O) groups is 3. The van der Waals surface area contributed by atoms with Crippen molar-refractivity contribution in [2.45, 2.75) is 38.3 Å². The van der Waals surface area contributed by atoms with Crippen LogP contribution < -0.4 is 9.91 Å². The molecule has 0 fully saturated rings. The molecular formula is C39H38N4O5. The lowest BCUT2D eigenvalue weighted by atomic mass is 9.82. The number of hydrazone groups is 1. The standard InChI is InChI=1S/C39H38N4O5/c1-28(12-11-19-36(45)41(24-25-44)27-29-13-5-2-6-14-29)39(48)33-26-32(20-22-35(33)42(38(39)47)31-17-9-4-10-18-31)43-37(46)23-21-34(40-43)30-15-7-3-8-16-30/h2-18,20,22,26,28,44,48H,19,21,23-25,27H2,1H3/b12-11+/t28-,39+/m1/s1. The second-order valence-corrected chi connectivity index (χ2v) is 12.0. The van der Waals surface area contributed by atoms with Crippen LogP contribution in [0.1, 0.15) is 42.9 Å². The van der Waals surface area contributed by atoms with Crippen LogP contribution in [-0.2, 0) is 26.5 Å². The minimum Gasteiger partial charge on any atom is -0.395 e. The second kappa shape index (κ2) is 14.2. The summed E-state index contributed by atoms with van der Waals surface area (Å²) in [7, 11) is 0. The molecule has 0 aromatic heterocycles. The number of amides is 3. The molecule has 2 N–H and O–H groups in total. The molecule has 3 amide bonds. The van der Waals surface area contributed by atoms with Gasteiger partial charge in [0.2, 0.25) is 11.8 Å². The maximum absolute atomic E-state index is 14.2. The van der Waals surface area contributed by atoms with Crippen molar-refractivity contribution < 1.29 is 24.6 Å². The van der Waals surface area contributed by atoms with E-state index in [1.165, 1.54) is 9.91 Å². The van der Waals surface area contributed by atoms with Crippen LogP contribution in [0.3, 0.4) is 0 Å². The number of anilines is 3. The van der Waals surface area contributed by atoms with Crippen LogP contribution in [0.15, 0.2) is 126 Å². The number of benzene rings is 4. The van der Waals surface area contributed by atoms with Crippen molar-refractivity contribution in [1.29, 1.82) is 0 Å². The first-order valence-electron chi connectivity index (χ1n) is 16.1. The van der Waals surface area contributed by atoms with E-state index in [0.717, 1.165) is 16.8 Å². The lowest BCUT2D eigenvalue weighted by molar-refractivity contribution is -0.138. The number of aliphatic hydroxyl groups excluding tert-OH is 1. The van der Waals surface area contributed by atoms with Crippen molar-refractivity contribution >= 4 is 40.5 Å². The molecule has 0 aliphatic carbocycles. The van der Waals surface area contributed by atoms with E-state index in [1.54, 1.807) is 54.3 Å². The Labute approximate surface area is 280 Å². The Morgan fingerprint density at radius 1 is 0.917 bits per heavy atom. The van der Waals surface area contributed by atoms with E-state index in [-0.39, 0.29) is 37.8 Å². The molecule has 2 heterocycles. The van der Waals surface area contributed by atoms with Crippen molar-refractivity contribution in [2.75, 3.05) is 23.1 Å². The van der Waals surface area contributed by atoms with Gasteiger partial charge >= 0.3 is 0 Å². The van der Waals surface area contributed by atoms with Gasteiger partial charge in [0.25, 0.3) is 5.91 Å². The normalized spacial score (nSPS) is 18.2. The SMILES string of the molecule is C[C@H](/C=C/CC(=O)N(CCO)Cc1ccccc1)[C@@]1(O)C(=O)N(c2ccccc2)c2ccc(N3N=C(c4ccccc4)CCC3=O)cc21. The zero-order valence-electron chi connectivity index (χ0n) is 26.8. The van der Waals surface area contributed by atoms with Crippen LogP contribution >= 0.6 is 0 Å². The van der Waals surface area contributed by atoms with Gasteiger partial charge in [-0.2, -0.15) is 5.10 Å². The van der Waals surface area contributed by atoms with E-state index < -0.39 is 17.4 Å². The Kier molecular flexibility index (Phi) is 9.61. The number of fused-ring (bicyclic) bond motifs is 1. The fourth-order valence-corrected chi connectivity index (χ4v) is 6.27. The Morgan fingerprint density at radius 3 is 2.27 bits per heavy atom. The molecule has 0 unspecified atom stereocenters. The monoisotopic (exact) mass is 642 g/mol. The van der Waals surface area contributed by atoms with Crippen molar-refractivity contribution in [1.82, 2.24) is 4.90 Å². The summed E-state index contributed by atoms with van der Waals surface area (Å²) in [6, 6.07) is 33.5. The Balaban J connectivity index is 1.31. The van der Waals surface area contributed by atoms with Crippen LogP contribution in [0.5, 0.6) is 0 Å². The molecule has 0 saturated heterocycles. The van der Waals surface area contributed by atoms with Crippen molar-refractivity contribution in [3.8, 4) is 0 Å². The van der Waals surface area contributed by atoms with Gasteiger partial charge in [-0.05, 0) is 41.5 Å². The molecule has 244 valence electrons. The van der Waals surface area contributed by atoms with Gasteiger partial charge in [0, 0.05) is 49.5 Å². The fourth-order valence-electron chi connectivity index (χ4n) is 6.27. The highest BCUT2D eigenvalue weighted by atomic mass is 16.3. The predicted octanol–water partition coefficient (Wildman–Crippen LogP) is 5.69. The van der Waals surface area contributed by atoms with Crippen LogP contribution in [0.25, 0.3) is 0 Å². The summed E-state index contributed by atoms with van der Waals surface area (Å²) in [4.78, 5) is 43.6. The van der Waals surface area contributed by atoms with E-state index in [9.17, 15) is 24.6 Å². The first-order valence-corrected chi connectivity index (χ1v) is 16.1. The van der Waals surface area contributed by atoms with Crippen molar-refractivity contribution in [2.24, 2.45) is 11.0 Å². The van der Waals surface area contributed by atoms with Gasteiger partial charge in [-0.3, -0.25) is 19.3 Å². The summed E-state index contributed by atoms with van der Waals surface area (Å²) >= 11 is 0. The zero-order valence-corrected chi connectivity index (χ0v) is 26.8. The fraction of sp³-hybridized carbons (Fsp3) is 0.231. The van der Waals surface area contributed by atoms with Crippen molar-refractivity contribution in [3.63, 3.8) is 0 Å². The topological polar surface area (TPSA) is 114 Å². The average Bonchev–Trinajstić information content (AvgIpc) is 3.35. The maximum Gasteiger partial charge on any atom is 0.268 e. The molecule has 0 bridgehead atoms. The second-order valence-electron chi connectivity index (χ2n) is 12.0. The van der Waals surface area contributed by atoms with Gasteiger partial charge in [0.15, 0.2) is 5.60 Å². The van der Waals surface area contributed by atoms with Gasteiger partial charge < -0.3 is 15.1 Å². The van der Waals surface area contributed by atoms with E-state index >= 15 is 0 Å². The summed E-state index contributed by atoms with van der Waals surface area (Å²) in [5.41, 5.74) is 2.53. The molecule has 2 aliphatic rings. The third-order valence-corrected chi connectivity index (χ3v) is 8.87. The van der Waals surface area contributed by atoms with Crippen LogP contribution in [0.2, 0.25) is 0 Å². The summed E-state index contributed by atoms with van der Waals surface area (Å²) in [5.74, 6) is -1.66. The molecule has 0 spiro atoms. The van der Waals surface area contributed by atoms with Gasteiger partial charge in [-0.25, -0.2) is 5.01 Å². The number of hydrogen-bond acceptors (Lipinski definition) is 6. The lowest BCUT2D eigenvalue weighted by Crippen LogP contribution is -2.43. The van der Waals surface area contributed by atoms with Crippen LogP contribution in [0, 0.1) is 5.92 Å². The number of carbonyl (C=O) groups excluding carboxylic acids is 3. The van der Waals surface area contributed by atoms with E-state index in [2.05, 4.69) is 0 Å². The number of rotatable bonds is 11. The smallest absolute Gasteiger partial charge is 0.268 e. The highest BCUT2D eigenvalue weighted by molar-refractivity contribution is 6.13.